The molecule has 0 radical (unpaired) electrons. The van der Waals surface area contributed by atoms with Gasteiger partial charge in [-0.05, 0) is 25.0 Å². The van der Waals surface area contributed by atoms with Gasteiger partial charge in [0.2, 0.25) is 0 Å². The average Bonchev–Trinajstić information content (AvgIpc) is 3.08. The van der Waals surface area contributed by atoms with Gasteiger partial charge in [-0.15, -0.1) is 11.3 Å². The maximum Gasteiger partial charge on any atom is 0.270 e. The Kier molecular flexibility index (Phi) is 3.80. The van der Waals surface area contributed by atoms with E-state index in [0.29, 0.717) is 0 Å². The minimum absolute atomic E-state index is 0.0306. The Labute approximate surface area is 133 Å². The van der Waals surface area contributed by atoms with Gasteiger partial charge in [-0.25, -0.2) is 4.98 Å². The Morgan fingerprint density at radius 1 is 1.43 bits per heavy atom. The van der Waals surface area contributed by atoms with Gasteiger partial charge in [0.15, 0.2) is 0 Å². The molecule has 0 bridgehead atoms. The van der Waals surface area contributed by atoms with Gasteiger partial charge in [0.1, 0.15) is 15.0 Å². The second-order valence-electron chi connectivity index (χ2n) is 5.83. The summed E-state index contributed by atoms with van der Waals surface area (Å²) in [5, 5.41) is 1.08. The number of carbonyl (C=O) groups excluding carboxylic acids is 1. The number of hydrogen-bond acceptors (Lipinski definition) is 3. The van der Waals surface area contributed by atoms with E-state index >= 15 is 0 Å². The molecule has 1 amide bonds. The van der Waals surface area contributed by atoms with E-state index in [1.807, 2.05) is 34.8 Å². The molecule has 2 aromatic rings. The molecule has 112 valence electrons. The maximum absolute atomic E-state index is 12.5. The Morgan fingerprint density at radius 2 is 2.14 bits per heavy atom. The number of nitrogens with zero attached hydrogens (tertiary/aromatic N) is 3. The van der Waals surface area contributed by atoms with E-state index < -0.39 is 0 Å². The highest BCUT2D eigenvalue weighted by molar-refractivity contribution is 7.15. The number of halogens is 1. The molecule has 1 fully saturated rings. The van der Waals surface area contributed by atoms with Gasteiger partial charge in [0.25, 0.3) is 5.91 Å². The summed E-state index contributed by atoms with van der Waals surface area (Å²) in [6.07, 6.45) is 5.47. The molecule has 0 spiro atoms. The molecule has 0 aromatic carbocycles. The fraction of sp³-hybridized carbons (Fsp3) is 0.467. The number of aryl methyl sites for hydroxylation is 1. The van der Waals surface area contributed by atoms with Crippen molar-refractivity contribution in [2.24, 2.45) is 7.05 Å². The maximum atomic E-state index is 12.5. The SMILES string of the molecule is Cn1cccc1C(=O)N1CCC(C)(c2ncc(Cl)s2)CC1. The number of aromatic nitrogens is 2. The fourth-order valence-electron chi connectivity index (χ4n) is 2.80. The van der Waals surface area contributed by atoms with Crippen LogP contribution < -0.4 is 0 Å². The van der Waals surface area contributed by atoms with Crippen LogP contribution >= 0.6 is 22.9 Å². The topological polar surface area (TPSA) is 38.1 Å². The highest BCUT2D eigenvalue weighted by atomic mass is 35.5. The molecule has 3 heterocycles. The first kappa shape index (κ1) is 14.6. The molecule has 2 aromatic heterocycles. The molecule has 3 rings (SSSR count). The van der Waals surface area contributed by atoms with E-state index in [-0.39, 0.29) is 11.3 Å². The first-order valence-electron chi connectivity index (χ1n) is 7.02. The van der Waals surface area contributed by atoms with E-state index in [1.54, 1.807) is 17.5 Å². The standard InChI is InChI=1S/C15H18ClN3OS/c1-15(14-17-10-12(16)21-14)5-8-19(9-6-15)13(20)11-4-3-7-18(11)2/h3-4,7,10H,5-6,8-9H2,1-2H3. The molecular formula is C15H18ClN3OS. The van der Waals surface area contributed by atoms with Crippen molar-refractivity contribution >= 4 is 28.8 Å². The summed E-state index contributed by atoms with van der Waals surface area (Å²) >= 11 is 7.54. The zero-order valence-electron chi connectivity index (χ0n) is 12.2. The normalized spacial score (nSPS) is 18.0. The van der Waals surface area contributed by atoms with Crippen LogP contribution in [-0.2, 0) is 12.5 Å². The van der Waals surface area contributed by atoms with Gasteiger partial charge in [0.05, 0.1) is 6.20 Å². The lowest BCUT2D eigenvalue weighted by Crippen LogP contribution is -2.44. The Morgan fingerprint density at radius 3 is 2.67 bits per heavy atom. The lowest BCUT2D eigenvalue weighted by molar-refractivity contribution is 0.0666. The van der Waals surface area contributed by atoms with Crippen LogP contribution in [0.4, 0.5) is 0 Å². The van der Waals surface area contributed by atoms with Crippen molar-refractivity contribution < 1.29 is 4.79 Å². The first-order valence-corrected chi connectivity index (χ1v) is 8.21. The van der Waals surface area contributed by atoms with Crippen LogP contribution in [0.2, 0.25) is 4.34 Å². The quantitative estimate of drug-likeness (QED) is 0.850. The summed E-state index contributed by atoms with van der Waals surface area (Å²) < 4.78 is 2.60. The summed E-state index contributed by atoms with van der Waals surface area (Å²) in [6, 6.07) is 3.77. The number of piperidine rings is 1. The number of hydrogen-bond donors (Lipinski definition) is 0. The molecule has 1 aliphatic rings. The highest BCUT2D eigenvalue weighted by Gasteiger charge is 2.36. The van der Waals surface area contributed by atoms with E-state index in [1.165, 1.54) is 0 Å². The van der Waals surface area contributed by atoms with Gasteiger partial charge >= 0.3 is 0 Å². The summed E-state index contributed by atoms with van der Waals surface area (Å²) in [5.41, 5.74) is 0.777. The summed E-state index contributed by atoms with van der Waals surface area (Å²) in [6.45, 7) is 3.74. The van der Waals surface area contributed by atoms with Crippen LogP contribution in [0, 0.1) is 0 Å². The van der Waals surface area contributed by atoms with Crippen molar-refractivity contribution in [2.75, 3.05) is 13.1 Å². The predicted molar refractivity (Wildman–Crippen MR) is 85.0 cm³/mol. The molecule has 6 heteroatoms. The number of likely N-dealkylation sites (tertiary alicyclic amines) is 1. The van der Waals surface area contributed by atoms with Gasteiger partial charge in [-0.1, -0.05) is 18.5 Å². The van der Waals surface area contributed by atoms with Crippen molar-refractivity contribution in [3.8, 4) is 0 Å². The second-order valence-corrected chi connectivity index (χ2v) is 7.49. The van der Waals surface area contributed by atoms with Crippen LogP contribution in [-0.4, -0.2) is 33.4 Å². The fourth-order valence-corrected chi connectivity index (χ4v) is 3.91. The van der Waals surface area contributed by atoms with E-state index in [4.69, 9.17) is 11.6 Å². The van der Waals surface area contributed by atoms with E-state index in [2.05, 4.69) is 11.9 Å². The minimum Gasteiger partial charge on any atom is -0.347 e. The molecule has 0 N–H and O–H groups in total. The number of thiazole rings is 1. The Hall–Kier alpha value is -1.33. The van der Waals surface area contributed by atoms with Crippen molar-refractivity contribution in [1.29, 1.82) is 0 Å². The van der Waals surface area contributed by atoms with E-state index in [0.717, 1.165) is 41.0 Å². The number of rotatable bonds is 2. The largest absolute Gasteiger partial charge is 0.347 e. The molecule has 0 unspecified atom stereocenters. The summed E-state index contributed by atoms with van der Waals surface area (Å²) in [4.78, 5) is 18.9. The number of amides is 1. The third-order valence-corrected chi connectivity index (χ3v) is 5.73. The van der Waals surface area contributed by atoms with Crippen molar-refractivity contribution in [3.05, 3.63) is 39.6 Å². The third-order valence-electron chi connectivity index (χ3n) is 4.31. The Bertz CT molecular complexity index is 655. The van der Waals surface area contributed by atoms with Crippen LogP contribution in [0.1, 0.15) is 35.3 Å². The number of carbonyl (C=O) groups is 1. The van der Waals surface area contributed by atoms with Crippen LogP contribution in [0.3, 0.4) is 0 Å². The smallest absolute Gasteiger partial charge is 0.270 e. The van der Waals surface area contributed by atoms with Gasteiger partial charge < -0.3 is 9.47 Å². The second kappa shape index (κ2) is 5.46. The molecule has 1 aliphatic heterocycles. The Balaban J connectivity index is 1.70. The lowest BCUT2D eigenvalue weighted by atomic mass is 9.81. The van der Waals surface area contributed by atoms with Crippen molar-refractivity contribution in [1.82, 2.24) is 14.5 Å². The zero-order valence-corrected chi connectivity index (χ0v) is 13.7. The monoisotopic (exact) mass is 323 g/mol. The van der Waals surface area contributed by atoms with Gasteiger partial charge in [-0.3, -0.25) is 4.79 Å². The first-order chi connectivity index (χ1) is 9.99. The summed E-state index contributed by atoms with van der Waals surface area (Å²) in [7, 11) is 1.90. The molecular weight excluding hydrogens is 306 g/mol. The molecule has 4 nitrogen and oxygen atoms in total. The van der Waals surface area contributed by atoms with Gasteiger partial charge in [0, 0.05) is 31.7 Å². The van der Waals surface area contributed by atoms with Gasteiger partial charge in [-0.2, -0.15) is 0 Å². The van der Waals surface area contributed by atoms with Crippen LogP contribution in [0.5, 0.6) is 0 Å². The van der Waals surface area contributed by atoms with Crippen molar-refractivity contribution in [2.45, 2.75) is 25.2 Å². The molecule has 0 atom stereocenters. The zero-order chi connectivity index (χ0) is 15.0. The van der Waals surface area contributed by atoms with Crippen LogP contribution in [0.25, 0.3) is 0 Å². The summed E-state index contributed by atoms with van der Waals surface area (Å²) in [5.74, 6) is 0.113. The highest BCUT2D eigenvalue weighted by Crippen LogP contribution is 2.38. The molecule has 0 saturated carbocycles. The third kappa shape index (κ3) is 2.72. The molecule has 0 aliphatic carbocycles. The minimum atomic E-state index is 0.0306. The average molecular weight is 324 g/mol. The molecule has 21 heavy (non-hydrogen) atoms. The predicted octanol–water partition coefficient (Wildman–Crippen LogP) is 3.33. The van der Waals surface area contributed by atoms with E-state index in [9.17, 15) is 4.79 Å². The molecule has 1 saturated heterocycles. The van der Waals surface area contributed by atoms with Crippen LogP contribution in [0.15, 0.2) is 24.5 Å². The van der Waals surface area contributed by atoms with Crippen molar-refractivity contribution in [3.63, 3.8) is 0 Å². The lowest BCUT2D eigenvalue weighted by Gasteiger charge is -2.38.